The van der Waals surface area contributed by atoms with Crippen LogP contribution in [0.15, 0.2) is 24.7 Å². The maximum Gasteiger partial charge on any atom is 0.286 e. The van der Waals surface area contributed by atoms with Gasteiger partial charge in [0, 0.05) is 44.7 Å². The highest BCUT2D eigenvalue weighted by atomic mass is 19.3. The third kappa shape index (κ3) is 6.37. The van der Waals surface area contributed by atoms with Crippen molar-refractivity contribution in [1.82, 2.24) is 19.9 Å². The van der Waals surface area contributed by atoms with E-state index < -0.39 is 23.8 Å². The molecule has 0 spiro atoms. The van der Waals surface area contributed by atoms with Gasteiger partial charge in [-0.2, -0.15) is 13.2 Å². The van der Waals surface area contributed by atoms with E-state index in [0.717, 1.165) is 19.8 Å². The van der Waals surface area contributed by atoms with E-state index in [0.29, 0.717) is 31.6 Å². The molecule has 1 saturated carbocycles. The second-order valence-electron chi connectivity index (χ2n) is 9.36. The van der Waals surface area contributed by atoms with Crippen molar-refractivity contribution in [3.05, 3.63) is 41.7 Å². The Labute approximate surface area is 201 Å². The van der Waals surface area contributed by atoms with Gasteiger partial charge in [0.25, 0.3) is 5.92 Å². The quantitative estimate of drug-likeness (QED) is 0.459. The van der Waals surface area contributed by atoms with E-state index >= 15 is 4.39 Å². The van der Waals surface area contributed by atoms with E-state index in [2.05, 4.69) is 20.3 Å². The summed E-state index contributed by atoms with van der Waals surface area (Å²) < 4.78 is 42.4. The Morgan fingerprint density at radius 1 is 1.29 bits per heavy atom. The SMILES string of the molecule is CC(F)(F)c1ccc(CN(c2ncnc(NC[C@@H]3CCN(CC(N)=O)C[C@H]3O)c2F)C2CC2)cn1. The van der Waals surface area contributed by atoms with E-state index in [-0.39, 0.29) is 42.4 Å². The van der Waals surface area contributed by atoms with Crippen LogP contribution in [0.2, 0.25) is 0 Å². The summed E-state index contributed by atoms with van der Waals surface area (Å²) in [5, 5.41) is 13.4. The number of nitrogens with one attached hydrogen (secondary N) is 1. The molecule has 0 unspecified atom stereocenters. The average molecular weight is 494 g/mol. The van der Waals surface area contributed by atoms with Crippen LogP contribution >= 0.6 is 0 Å². The van der Waals surface area contributed by atoms with Gasteiger partial charge in [-0.3, -0.25) is 14.7 Å². The zero-order chi connectivity index (χ0) is 25.2. The highest BCUT2D eigenvalue weighted by Crippen LogP contribution is 2.35. The predicted octanol–water partition coefficient (Wildman–Crippen LogP) is 1.87. The first-order chi connectivity index (χ1) is 16.6. The van der Waals surface area contributed by atoms with Crippen LogP contribution in [-0.2, 0) is 17.3 Å². The molecule has 9 nitrogen and oxygen atoms in total. The molecule has 0 aromatic carbocycles. The summed E-state index contributed by atoms with van der Waals surface area (Å²) >= 11 is 0. The molecule has 12 heteroatoms. The largest absolute Gasteiger partial charge is 0.391 e. The zero-order valence-electron chi connectivity index (χ0n) is 19.5. The van der Waals surface area contributed by atoms with Gasteiger partial charge in [0.15, 0.2) is 11.6 Å². The Balaban J connectivity index is 1.42. The van der Waals surface area contributed by atoms with Crippen molar-refractivity contribution >= 4 is 17.5 Å². The summed E-state index contributed by atoms with van der Waals surface area (Å²) in [6.07, 6.45) is 4.35. The first kappa shape index (κ1) is 25.1. The number of aromatic nitrogens is 3. The van der Waals surface area contributed by atoms with E-state index in [9.17, 15) is 18.7 Å². The Kier molecular flexibility index (Phi) is 7.41. The molecule has 1 saturated heterocycles. The number of pyridine rings is 1. The third-order valence-corrected chi connectivity index (χ3v) is 6.37. The van der Waals surface area contributed by atoms with Crippen molar-refractivity contribution < 1.29 is 23.1 Å². The molecular formula is C23H30F3N7O2. The molecule has 2 aromatic rings. The van der Waals surface area contributed by atoms with Crippen molar-refractivity contribution in [1.29, 1.82) is 0 Å². The molecule has 2 aliphatic rings. The maximum atomic E-state index is 15.4. The minimum absolute atomic E-state index is 0.0338. The smallest absolute Gasteiger partial charge is 0.286 e. The van der Waals surface area contributed by atoms with Crippen LogP contribution in [0.1, 0.15) is 37.4 Å². The number of nitrogens with zero attached hydrogens (tertiary/aromatic N) is 5. The summed E-state index contributed by atoms with van der Waals surface area (Å²) in [6, 6.07) is 2.94. The number of hydrogen-bond acceptors (Lipinski definition) is 8. The fraction of sp³-hybridized carbons (Fsp3) is 0.565. The first-order valence-corrected chi connectivity index (χ1v) is 11.6. The Bertz CT molecular complexity index is 1030. The molecule has 2 fully saturated rings. The molecule has 2 aromatic heterocycles. The number of halogens is 3. The molecule has 4 N–H and O–H groups in total. The Hall–Kier alpha value is -2.99. The van der Waals surface area contributed by atoms with Gasteiger partial charge in [0.1, 0.15) is 12.0 Å². The van der Waals surface area contributed by atoms with Gasteiger partial charge in [-0.05, 0) is 37.4 Å². The van der Waals surface area contributed by atoms with Crippen LogP contribution in [0.5, 0.6) is 0 Å². The number of carbonyl (C=O) groups excluding carboxylic acids is 1. The predicted molar refractivity (Wildman–Crippen MR) is 123 cm³/mol. The van der Waals surface area contributed by atoms with Crippen molar-refractivity contribution in [2.45, 2.75) is 50.8 Å². The number of β-amino-alcohol motifs (C(OH)–C–C–N with tert-alkyl or cyclic N) is 1. The Morgan fingerprint density at radius 3 is 2.66 bits per heavy atom. The van der Waals surface area contributed by atoms with Crippen LogP contribution < -0.4 is 16.0 Å². The number of alkyl halides is 2. The van der Waals surface area contributed by atoms with Crippen molar-refractivity contribution in [2.24, 2.45) is 11.7 Å². The highest BCUT2D eigenvalue weighted by Gasteiger charge is 2.34. The van der Waals surface area contributed by atoms with Crippen LogP contribution in [-0.4, -0.2) is 69.2 Å². The van der Waals surface area contributed by atoms with Gasteiger partial charge in [-0.1, -0.05) is 6.07 Å². The van der Waals surface area contributed by atoms with Gasteiger partial charge >= 0.3 is 0 Å². The molecule has 0 radical (unpaired) electrons. The number of rotatable bonds is 10. The lowest BCUT2D eigenvalue weighted by molar-refractivity contribution is -0.120. The first-order valence-electron chi connectivity index (χ1n) is 11.6. The fourth-order valence-electron chi connectivity index (χ4n) is 4.30. The molecule has 190 valence electrons. The molecule has 0 bridgehead atoms. The van der Waals surface area contributed by atoms with Crippen molar-refractivity contribution in [3.8, 4) is 0 Å². The number of piperidine rings is 1. The Morgan fingerprint density at radius 2 is 2.06 bits per heavy atom. The van der Waals surface area contributed by atoms with Crippen LogP contribution in [0.25, 0.3) is 0 Å². The minimum Gasteiger partial charge on any atom is -0.391 e. The second-order valence-corrected chi connectivity index (χ2v) is 9.36. The molecular weight excluding hydrogens is 463 g/mol. The number of anilines is 2. The monoisotopic (exact) mass is 493 g/mol. The summed E-state index contributed by atoms with van der Waals surface area (Å²) in [6.45, 7) is 2.39. The van der Waals surface area contributed by atoms with E-state index in [4.69, 9.17) is 5.73 Å². The number of amides is 1. The lowest BCUT2D eigenvalue weighted by Gasteiger charge is -2.35. The average Bonchev–Trinajstić information content (AvgIpc) is 3.63. The van der Waals surface area contributed by atoms with E-state index in [1.54, 1.807) is 15.9 Å². The summed E-state index contributed by atoms with van der Waals surface area (Å²) in [4.78, 5) is 26.8. The molecule has 4 rings (SSSR count). The van der Waals surface area contributed by atoms with Crippen LogP contribution in [0, 0.1) is 11.7 Å². The molecule has 2 atom stereocenters. The fourth-order valence-corrected chi connectivity index (χ4v) is 4.30. The lowest BCUT2D eigenvalue weighted by Crippen LogP contribution is -2.48. The molecule has 1 amide bonds. The van der Waals surface area contributed by atoms with Gasteiger partial charge in [-0.25, -0.2) is 9.97 Å². The van der Waals surface area contributed by atoms with Crippen molar-refractivity contribution in [2.75, 3.05) is 36.4 Å². The van der Waals surface area contributed by atoms with Gasteiger partial charge in [-0.15, -0.1) is 0 Å². The number of aliphatic hydroxyl groups excluding tert-OH is 1. The van der Waals surface area contributed by atoms with Crippen LogP contribution in [0.3, 0.4) is 0 Å². The number of primary amides is 1. The van der Waals surface area contributed by atoms with Gasteiger partial charge in [0.2, 0.25) is 11.7 Å². The summed E-state index contributed by atoms with van der Waals surface area (Å²) in [5.41, 5.74) is 5.57. The van der Waals surface area contributed by atoms with E-state index in [1.807, 2.05) is 0 Å². The number of nitrogens with two attached hydrogens (primary N) is 1. The molecule has 35 heavy (non-hydrogen) atoms. The van der Waals surface area contributed by atoms with Crippen LogP contribution in [0.4, 0.5) is 24.8 Å². The maximum absolute atomic E-state index is 15.4. The van der Waals surface area contributed by atoms with E-state index in [1.165, 1.54) is 18.6 Å². The molecule has 3 heterocycles. The molecule has 1 aliphatic heterocycles. The number of likely N-dealkylation sites (tertiary alicyclic amines) is 1. The van der Waals surface area contributed by atoms with Crippen molar-refractivity contribution in [3.63, 3.8) is 0 Å². The topological polar surface area (TPSA) is 120 Å². The second kappa shape index (κ2) is 10.3. The summed E-state index contributed by atoms with van der Waals surface area (Å²) in [5.74, 6) is -4.06. The van der Waals surface area contributed by atoms with Gasteiger partial charge in [0.05, 0.1) is 12.6 Å². The normalized spacial score (nSPS) is 21.1. The zero-order valence-corrected chi connectivity index (χ0v) is 19.5. The lowest BCUT2D eigenvalue weighted by atomic mass is 9.93. The minimum atomic E-state index is -3.03. The molecule has 1 aliphatic carbocycles. The standard InChI is InChI=1S/C23H30F3N7O2/c1-23(25,26)18-5-2-14(8-28-18)10-33(16-3-4-16)22-20(24)21(30-13-31-22)29-9-15-6-7-32(11-17(15)34)12-19(27)35/h2,5,8,13,15-17,34H,3-4,6-7,9-12H2,1H3,(H2,27,35)(H,29,30,31)/t15-,17+/m0/s1. The number of carbonyl (C=O) groups is 1. The summed E-state index contributed by atoms with van der Waals surface area (Å²) in [7, 11) is 0. The number of aliphatic hydroxyl groups is 1. The number of hydrogen-bond donors (Lipinski definition) is 3. The third-order valence-electron chi connectivity index (χ3n) is 6.37. The highest BCUT2D eigenvalue weighted by molar-refractivity contribution is 5.75. The van der Waals surface area contributed by atoms with Gasteiger partial charge < -0.3 is 21.1 Å².